The van der Waals surface area contributed by atoms with E-state index >= 15 is 0 Å². The van der Waals surface area contributed by atoms with Gasteiger partial charge in [-0.1, -0.05) is 34.2 Å². The van der Waals surface area contributed by atoms with Crippen LogP contribution >= 0.6 is 34.2 Å². The van der Waals surface area contributed by atoms with Crippen molar-refractivity contribution < 1.29 is 14.3 Å². The molecule has 0 N–H and O–H groups in total. The number of carbonyl (C=O) groups excluding carboxylic acids is 1. The van der Waals surface area contributed by atoms with Gasteiger partial charge in [0, 0.05) is 27.0 Å². The summed E-state index contributed by atoms with van der Waals surface area (Å²) >= 11 is 8.42. The van der Waals surface area contributed by atoms with E-state index in [0.29, 0.717) is 23.6 Å². The van der Waals surface area contributed by atoms with Crippen LogP contribution in [0.25, 0.3) is 6.08 Å². The van der Waals surface area contributed by atoms with E-state index in [1.807, 2.05) is 12.1 Å². The summed E-state index contributed by atoms with van der Waals surface area (Å²) < 4.78 is 11.2. The van der Waals surface area contributed by atoms with Crippen LogP contribution in [0.1, 0.15) is 17.5 Å². The molecular weight excluding hydrogens is 366 g/mol. The van der Waals surface area contributed by atoms with Crippen molar-refractivity contribution in [1.29, 1.82) is 0 Å². The summed E-state index contributed by atoms with van der Waals surface area (Å²) in [5.41, 5.74) is 2.46. The summed E-state index contributed by atoms with van der Waals surface area (Å²) in [6.45, 7) is 0.469. The topological polar surface area (TPSA) is 35.5 Å². The lowest BCUT2D eigenvalue weighted by Crippen LogP contribution is -2.06. The predicted molar refractivity (Wildman–Crippen MR) is 79.3 cm³/mol. The van der Waals surface area contributed by atoms with Gasteiger partial charge >= 0.3 is 5.97 Å². The highest BCUT2D eigenvalue weighted by Crippen LogP contribution is 2.32. The standard InChI is InChI=1S/C13H12ClIO3/c1-17-13(16)8-2-3-18-12-6-10(7-15)11(14)5-9(12)4-8/h4-6H,2-3,7H2,1H3. The lowest BCUT2D eigenvalue weighted by Gasteiger charge is -2.09. The van der Waals surface area contributed by atoms with Gasteiger partial charge in [-0.15, -0.1) is 0 Å². The number of fused-ring (bicyclic) bond motifs is 1. The number of ether oxygens (including phenoxy) is 2. The summed E-state index contributed by atoms with van der Waals surface area (Å²) in [5, 5.41) is 0.689. The molecule has 0 atom stereocenters. The summed E-state index contributed by atoms with van der Waals surface area (Å²) in [4.78, 5) is 11.6. The zero-order chi connectivity index (χ0) is 13.1. The highest BCUT2D eigenvalue weighted by Gasteiger charge is 2.17. The molecule has 0 unspecified atom stereocenters. The monoisotopic (exact) mass is 378 g/mol. The van der Waals surface area contributed by atoms with E-state index in [0.717, 1.165) is 21.3 Å². The molecule has 0 saturated heterocycles. The molecule has 0 fully saturated rings. The van der Waals surface area contributed by atoms with Crippen molar-refractivity contribution in [2.45, 2.75) is 10.8 Å². The third kappa shape index (κ3) is 2.80. The van der Waals surface area contributed by atoms with Crippen LogP contribution in [0.3, 0.4) is 0 Å². The first kappa shape index (κ1) is 13.7. The van der Waals surface area contributed by atoms with Gasteiger partial charge in [0.1, 0.15) is 5.75 Å². The zero-order valence-electron chi connectivity index (χ0n) is 9.83. The van der Waals surface area contributed by atoms with Crippen molar-refractivity contribution in [2.75, 3.05) is 13.7 Å². The number of rotatable bonds is 2. The molecule has 96 valence electrons. The van der Waals surface area contributed by atoms with Crippen LogP contribution in [0.4, 0.5) is 0 Å². The highest BCUT2D eigenvalue weighted by atomic mass is 127. The van der Waals surface area contributed by atoms with Gasteiger partial charge in [0.25, 0.3) is 0 Å². The Labute approximate surface area is 124 Å². The molecule has 0 spiro atoms. The Bertz CT molecular complexity index is 511. The van der Waals surface area contributed by atoms with E-state index in [1.54, 1.807) is 6.08 Å². The third-order valence-corrected chi connectivity index (χ3v) is 3.90. The SMILES string of the molecule is COC(=O)C1=Cc2cc(Cl)c(CI)cc2OCC1. The normalized spacial score (nSPS) is 14.1. The number of halogens is 2. The molecule has 1 aliphatic rings. The maximum atomic E-state index is 11.6. The van der Waals surface area contributed by atoms with Gasteiger partial charge in [-0.25, -0.2) is 4.79 Å². The predicted octanol–water partition coefficient (Wildman–Crippen LogP) is 3.61. The minimum absolute atomic E-state index is 0.319. The van der Waals surface area contributed by atoms with Crippen molar-refractivity contribution in [3.05, 3.63) is 33.9 Å². The van der Waals surface area contributed by atoms with E-state index in [9.17, 15) is 4.79 Å². The first-order chi connectivity index (χ1) is 8.65. The second-order valence-electron chi connectivity index (χ2n) is 3.87. The number of hydrogen-bond donors (Lipinski definition) is 0. The van der Waals surface area contributed by atoms with Crippen LogP contribution < -0.4 is 4.74 Å². The molecule has 0 bridgehead atoms. The van der Waals surface area contributed by atoms with Crippen LogP contribution in [0.15, 0.2) is 17.7 Å². The molecule has 2 rings (SSSR count). The van der Waals surface area contributed by atoms with Crippen molar-refractivity contribution >= 4 is 46.2 Å². The molecule has 0 saturated carbocycles. The number of benzene rings is 1. The van der Waals surface area contributed by atoms with Gasteiger partial charge in [-0.2, -0.15) is 0 Å². The molecule has 1 heterocycles. The molecule has 0 aromatic heterocycles. The van der Waals surface area contributed by atoms with Gasteiger partial charge in [-0.3, -0.25) is 0 Å². The second kappa shape index (κ2) is 5.93. The first-order valence-corrected chi connectivity index (χ1v) is 7.36. The first-order valence-electron chi connectivity index (χ1n) is 5.45. The van der Waals surface area contributed by atoms with Crippen molar-refractivity contribution in [3.8, 4) is 5.75 Å². The Balaban J connectivity index is 2.46. The van der Waals surface area contributed by atoms with Gasteiger partial charge < -0.3 is 9.47 Å². The van der Waals surface area contributed by atoms with Crippen LogP contribution in [0.5, 0.6) is 5.75 Å². The molecule has 0 aliphatic carbocycles. The van der Waals surface area contributed by atoms with E-state index in [4.69, 9.17) is 21.1 Å². The smallest absolute Gasteiger partial charge is 0.333 e. The van der Waals surface area contributed by atoms with E-state index < -0.39 is 0 Å². The molecule has 1 aromatic carbocycles. The Morgan fingerprint density at radius 1 is 1.56 bits per heavy atom. The molecule has 5 heteroatoms. The van der Waals surface area contributed by atoms with Crippen molar-refractivity contribution in [1.82, 2.24) is 0 Å². The van der Waals surface area contributed by atoms with Gasteiger partial charge in [0.05, 0.1) is 13.7 Å². The molecule has 1 aliphatic heterocycles. The minimum Gasteiger partial charge on any atom is -0.493 e. The van der Waals surface area contributed by atoms with E-state index in [-0.39, 0.29) is 5.97 Å². The largest absolute Gasteiger partial charge is 0.493 e. The van der Waals surface area contributed by atoms with Crippen LogP contribution in [0.2, 0.25) is 5.02 Å². The fourth-order valence-corrected chi connectivity index (χ4v) is 2.87. The fraction of sp³-hybridized carbons (Fsp3) is 0.308. The molecule has 3 nitrogen and oxygen atoms in total. The molecule has 0 amide bonds. The Morgan fingerprint density at radius 2 is 2.33 bits per heavy atom. The third-order valence-electron chi connectivity index (χ3n) is 2.73. The highest BCUT2D eigenvalue weighted by molar-refractivity contribution is 14.1. The lowest BCUT2D eigenvalue weighted by atomic mass is 10.1. The number of esters is 1. The van der Waals surface area contributed by atoms with Crippen molar-refractivity contribution in [3.63, 3.8) is 0 Å². The number of carbonyl (C=O) groups is 1. The fourth-order valence-electron chi connectivity index (χ4n) is 1.77. The average molecular weight is 379 g/mol. The number of hydrogen-bond acceptors (Lipinski definition) is 3. The lowest BCUT2D eigenvalue weighted by molar-refractivity contribution is -0.136. The van der Waals surface area contributed by atoms with Crippen molar-refractivity contribution in [2.24, 2.45) is 0 Å². The molecule has 18 heavy (non-hydrogen) atoms. The van der Waals surface area contributed by atoms with Gasteiger partial charge in [0.2, 0.25) is 0 Å². The minimum atomic E-state index is -0.319. The molecule has 0 radical (unpaired) electrons. The second-order valence-corrected chi connectivity index (χ2v) is 5.04. The van der Waals surface area contributed by atoms with Gasteiger partial charge in [0.15, 0.2) is 0 Å². The Hall–Kier alpha value is -0.750. The zero-order valence-corrected chi connectivity index (χ0v) is 12.7. The average Bonchev–Trinajstić information content (AvgIpc) is 2.58. The maximum absolute atomic E-state index is 11.6. The van der Waals surface area contributed by atoms with Gasteiger partial charge in [-0.05, 0) is 23.8 Å². The van der Waals surface area contributed by atoms with E-state index in [1.165, 1.54) is 7.11 Å². The maximum Gasteiger partial charge on any atom is 0.333 e. The Morgan fingerprint density at radius 3 is 3.00 bits per heavy atom. The van der Waals surface area contributed by atoms with E-state index in [2.05, 4.69) is 22.6 Å². The number of methoxy groups -OCH3 is 1. The molecular formula is C13H12ClIO3. The number of alkyl halides is 1. The quantitative estimate of drug-likeness (QED) is 0.448. The van der Waals surface area contributed by atoms with Crippen LogP contribution in [-0.2, 0) is 14.0 Å². The summed E-state index contributed by atoms with van der Waals surface area (Å²) in [6, 6.07) is 3.76. The van der Waals surface area contributed by atoms with Crippen LogP contribution in [0, 0.1) is 0 Å². The van der Waals surface area contributed by atoms with Crippen LogP contribution in [-0.4, -0.2) is 19.7 Å². The molecule has 1 aromatic rings. The summed E-state index contributed by atoms with van der Waals surface area (Å²) in [5.74, 6) is 0.450. The summed E-state index contributed by atoms with van der Waals surface area (Å²) in [7, 11) is 1.38. The summed E-state index contributed by atoms with van der Waals surface area (Å²) in [6.07, 6.45) is 2.33. The Kier molecular flexibility index (Phi) is 4.50.